The van der Waals surface area contributed by atoms with Crippen molar-refractivity contribution in [2.45, 2.75) is 19.9 Å². The molecule has 21 heavy (non-hydrogen) atoms. The maximum absolute atomic E-state index is 14.1. The summed E-state index contributed by atoms with van der Waals surface area (Å²) in [6, 6.07) is 7.14. The molecule has 0 bridgehead atoms. The zero-order valence-corrected chi connectivity index (χ0v) is 14.1. The molecule has 0 aromatic heterocycles. The summed E-state index contributed by atoms with van der Waals surface area (Å²) in [5.74, 6) is 0.222. The van der Waals surface area contributed by atoms with Gasteiger partial charge in [0.1, 0.15) is 5.82 Å². The van der Waals surface area contributed by atoms with Crippen LogP contribution in [0.2, 0.25) is 0 Å². The van der Waals surface area contributed by atoms with Gasteiger partial charge in [-0.1, -0.05) is 32.0 Å². The van der Waals surface area contributed by atoms with E-state index in [2.05, 4.69) is 50.1 Å². The van der Waals surface area contributed by atoms with Crippen molar-refractivity contribution in [2.75, 3.05) is 47.3 Å². The molecule has 0 aliphatic rings. The average molecular weight is 295 g/mol. The second kappa shape index (κ2) is 9.13. The summed E-state index contributed by atoms with van der Waals surface area (Å²) in [6.45, 7) is 8.09. The van der Waals surface area contributed by atoms with Crippen LogP contribution >= 0.6 is 0 Å². The predicted octanol–water partition coefficient (Wildman–Crippen LogP) is 2.61. The van der Waals surface area contributed by atoms with Crippen LogP contribution in [0.1, 0.15) is 25.5 Å². The molecule has 2 atom stereocenters. The lowest BCUT2D eigenvalue weighted by Crippen LogP contribution is -2.37. The molecule has 1 aromatic carbocycles. The molecule has 0 saturated heterocycles. The first-order chi connectivity index (χ1) is 9.95. The van der Waals surface area contributed by atoms with Crippen LogP contribution in [0.5, 0.6) is 0 Å². The SMILES string of the molecule is CCNC(c1ccccc1F)C(C)CN(C)CCN(C)C. The molecule has 1 N–H and O–H groups in total. The van der Waals surface area contributed by atoms with Crippen molar-refractivity contribution >= 4 is 0 Å². The first kappa shape index (κ1) is 18.1. The van der Waals surface area contributed by atoms with Gasteiger partial charge in [-0.2, -0.15) is 0 Å². The third kappa shape index (κ3) is 6.12. The zero-order valence-electron chi connectivity index (χ0n) is 14.1. The number of rotatable bonds is 9. The minimum atomic E-state index is -0.119. The molecule has 1 aromatic rings. The van der Waals surface area contributed by atoms with E-state index in [1.54, 1.807) is 12.1 Å². The minimum absolute atomic E-state index is 0.0537. The van der Waals surface area contributed by atoms with Gasteiger partial charge in [-0.15, -0.1) is 0 Å². The number of nitrogens with one attached hydrogen (secondary N) is 1. The Labute approximate surface area is 129 Å². The number of likely N-dealkylation sites (N-methyl/N-ethyl adjacent to an activating group) is 2. The van der Waals surface area contributed by atoms with Crippen LogP contribution in [0.3, 0.4) is 0 Å². The standard InChI is InChI=1S/C17H30FN3/c1-6-19-17(15-9-7-8-10-16(15)18)14(2)13-21(5)12-11-20(3)4/h7-10,14,17,19H,6,11-13H2,1-5H3. The molecule has 2 unspecified atom stereocenters. The van der Waals surface area contributed by atoms with Gasteiger partial charge in [-0.25, -0.2) is 4.39 Å². The fraction of sp³-hybridized carbons (Fsp3) is 0.647. The molecule has 3 nitrogen and oxygen atoms in total. The Kier molecular flexibility index (Phi) is 7.86. The number of halogens is 1. The Morgan fingerprint density at radius 1 is 1.14 bits per heavy atom. The molecule has 0 fully saturated rings. The molecule has 1 rings (SSSR count). The highest BCUT2D eigenvalue weighted by Crippen LogP contribution is 2.24. The lowest BCUT2D eigenvalue weighted by atomic mass is 9.93. The van der Waals surface area contributed by atoms with Crippen molar-refractivity contribution in [1.29, 1.82) is 0 Å². The monoisotopic (exact) mass is 295 g/mol. The van der Waals surface area contributed by atoms with E-state index in [9.17, 15) is 4.39 Å². The maximum Gasteiger partial charge on any atom is 0.127 e. The van der Waals surface area contributed by atoms with E-state index < -0.39 is 0 Å². The van der Waals surface area contributed by atoms with Gasteiger partial charge in [0.15, 0.2) is 0 Å². The van der Waals surface area contributed by atoms with Crippen molar-refractivity contribution in [1.82, 2.24) is 15.1 Å². The molecule has 0 radical (unpaired) electrons. The molecule has 0 aliphatic heterocycles. The molecule has 0 heterocycles. The fourth-order valence-electron chi connectivity index (χ4n) is 2.62. The second-order valence-electron chi connectivity index (χ2n) is 6.10. The van der Waals surface area contributed by atoms with E-state index >= 15 is 0 Å². The number of hydrogen-bond acceptors (Lipinski definition) is 3. The van der Waals surface area contributed by atoms with Gasteiger partial charge in [0, 0.05) is 31.2 Å². The minimum Gasteiger partial charge on any atom is -0.310 e. The highest BCUT2D eigenvalue weighted by Gasteiger charge is 2.22. The normalized spacial score (nSPS) is 14.7. The Hall–Kier alpha value is -0.970. The average Bonchev–Trinajstić information content (AvgIpc) is 2.43. The van der Waals surface area contributed by atoms with Crippen molar-refractivity contribution < 1.29 is 4.39 Å². The lowest BCUT2D eigenvalue weighted by molar-refractivity contribution is 0.225. The van der Waals surface area contributed by atoms with Gasteiger partial charge in [0.05, 0.1) is 0 Å². The largest absolute Gasteiger partial charge is 0.310 e. The first-order valence-electron chi connectivity index (χ1n) is 7.76. The summed E-state index contributed by atoms with van der Waals surface area (Å²) in [6.07, 6.45) is 0. The van der Waals surface area contributed by atoms with Gasteiger partial charge in [-0.3, -0.25) is 0 Å². The van der Waals surface area contributed by atoms with Crippen LogP contribution in [0.25, 0.3) is 0 Å². The van der Waals surface area contributed by atoms with Gasteiger partial charge >= 0.3 is 0 Å². The summed E-state index contributed by atoms with van der Waals surface area (Å²) in [5.41, 5.74) is 0.771. The van der Waals surface area contributed by atoms with Crippen LogP contribution < -0.4 is 5.32 Å². The van der Waals surface area contributed by atoms with E-state index in [1.165, 1.54) is 0 Å². The third-order valence-electron chi connectivity index (χ3n) is 3.76. The van der Waals surface area contributed by atoms with E-state index in [4.69, 9.17) is 0 Å². The van der Waals surface area contributed by atoms with Gasteiger partial charge in [0.2, 0.25) is 0 Å². The van der Waals surface area contributed by atoms with Gasteiger partial charge < -0.3 is 15.1 Å². The molecule has 120 valence electrons. The van der Waals surface area contributed by atoms with Crippen LogP contribution in [-0.4, -0.2) is 57.1 Å². The van der Waals surface area contributed by atoms with Crippen LogP contribution in [0, 0.1) is 11.7 Å². The highest BCUT2D eigenvalue weighted by molar-refractivity contribution is 5.22. The number of nitrogens with zero attached hydrogens (tertiary/aromatic N) is 2. The Bertz CT molecular complexity index is 409. The third-order valence-corrected chi connectivity index (χ3v) is 3.76. The summed E-state index contributed by atoms with van der Waals surface area (Å²) in [7, 11) is 6.29. The Balaban J connectivity index is 2.70. The van der Waals surface area contributed by atoms with Gasteiger partial charge in [0.25, 0.3) is 0 Å². The number of hydrogen-bond donors (Lipinski definition) is 1. The quantitative estimate of drug-likeness (QED) is 0.755. The van der Waals surface area contributed by atoms with E-state index in [-0.39, 0.29) is 11.9 Å². The van der Waals surface area contributed by atoms with Crippen LogP contribution in [-0.2, 0) is 0 Å². The number of benzene rings is 1. The summed E-state index contributed by atoms with van der Waals surface area (Å²) in [5, 5.41) is 3.43. The van der Waals surface area contributed by atoms with E-state index in [0.717, 1.165) is 31.7 Å². The van der Waals surface area contributed by atoms with Crippen molar-refractivity contribution in [3.8, 4) is 0 Å². The van der Waals surface area contributed by atoms with E-state index in [1.807, 2.05) is 12.1 Å². The summed E-state index contributed by atoms with van der Waals surface area (Å²) >= 11 is 0. The van der Waals surface area contributed by atoms with Gasteiger partial charge in [-0.05, 0) is 39.7 Å². The zero-order chi connectivity index (χ0) is 15.8. The molecule has 0 saturated carbocycles. The first-order valence-corrected chi connectivity index (χ1v) is 7.76. The molecule has 4 heteroatoms. The fourth-order valence-corrected chi connectivity index (χ4v) is 2.62. The maximum atomic E-state index is 14.1. The topological polar surface area (TPSA) is 18.5 Å². The predicted molar refractivity (Wildman–Crippen MR) is 88.0 cm³/mol. The molecule has 0 aliphatic carbocycles. The second-order valence-corrected chi connectivity index (χ2v) is 6.10. The highest BCUT2D eigenvalue weighted by atomic mass is 19.1. The molecule has 0 spiro atoms. The molecular formula is C17H30FN3. The van der Waals surface area contributed by atoms with E-state index in [0.29, 0.717) is 5.92 Å². The molecular weight excluding hydrogens is 265 g/mol. The summed E-state index contributed by atoms with van der Waals surface area (Å²) < 4.78 is 14.1. The van der Waals surface area contributed by atoms with Crippen molar-refractivity contribution in [3.05, 3.63) is 35.6 Å². The van der Waals surface area contributed by atoms with Crippen molar-refractivity contribution in [2.24, 2.45) is 5.92 Å². The summed E-state index contributed by atoms with van der Waals surface area (Å²) in [4.78, 5) is 4.50. The Morgan fingerprint density at radius 2 is 1.81 bits per heavy atom. The molecule has 0 amide bonds. The Morgan fingerprint density at radius 3 is 2.38 bits per heavy atom. The van der Waals surface area contributed by atoms with Crippen LogP contribution in [0.4, 0.5) is 4.39 Å². The van der Waals surface area contributed by atoms with Crippen molar-refractivity contribution in [3.63, 3.8) is 0 Å². The van der Waals surface area contributed by atoms with Crippen LogP contribution in [0.15, 0.2) is 24.3 Å². The lowest BCUT2D eigenvalue weighted by Gasteiger charge is -2.30. The smallest absolute Gasteiger partial charge is 0.127 e.